The molecule has 0 saturated carbocycles. The Morgan fingerprint density at radius 3 is 2.07 bits per heavy atom. The topological polar surface area (TPSA) is 134 Å². The Morgan fingerprint density at radius 2 is 1.80 bits per heavy atom. The smallest absolute Gasteiger partial charge is 0.530 e. The maximum absolute atomic E-state index is 10.8. The average molecular weight is 243 g/mol. The van der Waals surface area contributed by atoms with Gasteiger partial charge >= 0.3 is 12.2 Å². The minimum atomic E-state index is -2.79. The third-order valence-electron chi connectivity index (χ3n) is 1.45. The molecule has 0 aliphatic rings. The second-order valence-corrected chi connectivity index (χ2v) is 2.67. The summed E-state index contributed by atoms with van der Waals surface area (Å²) in [4.78, 5) is 22.1. The summed E-state index contributed by atoms with van der Waals surface area (Å²) in [7, 11) is 1.02. The number of hydrogen-bond donors (Lipinski definition) is 0. The second kappa shape index (κ2) is 5.24. The van der Waals surface area contributed by atoms with E-state index in [2.05, 4.69) is 10.1 Å². The first-order valence-corrected chi connectivity index (χ1v) is 3.98. The highest BCUT2D eigenvalue weighted by Crippen LogP contribution is 2.14. The van der Waals surface area contributed by atoms with E-state index in [0.717, 1.165) is 7.11 Å². The van der Waals surface area contributed by atoms with Gasteiger partial charge in [-0.1, -0.05) is 0 Å². The highest BCUT2D eigenvalue weighted by molar-refractivity contribution is 6.18. The van der Waals surface area contributed by atoms with Gasteiger partial charge in [-0.3, -0.25) is 20.2 Å². The lowest BCUT2D eigenvalue weighted by atomic mass is 10.2. The highest BCUT2D eigenvalue weighted by Gasteiger charge is 2.60. The summed E-state index contributed by atoms with van der Waals surface area (Å²) >= 11 is 5.13. The van der Waals surface area contributed by atoms with Crippen LogP contribution < -0.4 is 0 Å². The van der Waals surface area contributed by atoms with Crippen molar-refractivity contribution < 1.29 is 19.5 Å². The SMILES string of the molecule is CON=[N+]([O-])CC(CCl)([N+](=O)[O-])[N+](=O)[O-]. The van der Waals surface area contributed by atoms with Gasteiger partial charge in [-0.25, -0.2) is 0 Å². The van der Waals surface area contributed by atoms with Crippen LogP contribution in [0.2, 0.25) is 0 Å². The molecule has 10 nitrogen and oxygen atoms in total. The molecule has 0 aromatic heterocycles. The van der Waals surface area contributed by atoms with Crippen molar-refractivity contribution in [1.29, 1.82) is 0 Å². The molecule has 0 bridgehead atoms. The normalized spacial score (nSPS) is 12.3. The third kappa shape index (κ3) is 2.87. The van der Waals surface area contributed by atoms with Crippen LogP contribution in [0.5, 0.6) is 0 Å². The van der Waals surface area contributed by atoms with E-state index in [-0.39, 0.29) is 4.86 Å². The molecule has 15 heavy (non-hydrogen) atoms. The number of hydrogen-bond acceptors (Lipinski definition) is 7. The Kier molecular flexibility index (Phi) is 4.64. The van der Waals surface area contributed by atoms with Crippen molar-refractivity contribution in [1.82, 2.24) is 0 Å². The summed E-state index contributed by atoms with van der Waals surface area (Å²) in [5, 5.41) is 34.4. The molecule has 0 atom stereocenters. The fourth-order valence-electron chi connectivity index (χ4n) is 0.659. The maximum Gasteiger partial charge on any atom is 0.530 e. The van der Waals surface area contributed by atoms with Crippen molar-refractivity contribution in [2.75, 3.05) is 19.5 Å². The molecule has 0 aliphatic carbocycles. The Morgan fingerprint density at radius 1 is 1.33 bits per heavy atom. The molecule has 0 N–H and O–H groups in total. The second-order valence-electron chi connectivity index (χ2n) is 2.40. The van der Waals surface area contributed by atoms with E-state index in [9.17, 15) is 25.4 Å². The molecule has 0 unspecified atom stereocenters. The van der Waals surface area contributed by atoms with Crippen LogP contribution in [0.25, 0.3) is 0 Å². The van der Waals surface area contributed by atoms with Gasteiger partial charge in [0.05, 0.1) is 0 Å². The lowest BCUT2D eigenvalue weighted by molar-refractivity contribution is -0.819. The van der Waals surface area contributed by atoms with Gasteiger partial charge in [0.15, 0.2) is 11.2 Å². The minimum Gasteiger partial charge on any atom is -0.597 e. The summed E-state index contributed by atoms with van der Waals surface area (Å²) < 4.78 is 0. The van der Waals surface area contributed by atoms with Gasteiger partial charge in [0.1, 0.15) is 17.0 Å². The number of alkyl halides is 1. The number of hydroxylamine groups is 1. The van der Waals surface area contributed by atoms with Crippen LogP contribution in [-0.4, -0.2) is 39.9 Å². The van der Waals surface area contributed by atoms with E-state index in [4.69, 9.17) is 11.6 Å². The number of nitro groups is 2. The zero-order valence-electron chi connectivity index (χ0n) is 7.53. The van der Waals surface area contributed by atoms with Crippen LogP contribution in [0.15, 0.2) is 5.28 Å². The van der Waals surface area contributed by atoms with Crippen molar-refractivity contribution in [3.63, 3.8) is 0 Å². The van der Waals surface area contributed by atoms with Crippen LogP contribution in [0.3, 0.4) is 0 Å². The third-order valence-corrected chi connectivity index (χ3v) is 1.88. The first-order valence-electron chi connectivity index (χ1n) is 3.44. The Labute approximate surface area is 87.9 Å². The van der Waals surface area contributed by atoms with E-state index >= 15 is 0 Å². The quantitative estimate of drug-likeness (QED) is 0.161. The van der Waals surface area contributed by atoms with Crippen molar-refractivity contribution in [2.45, 2.75) is 5.66 Å². The molecular formula is C4H7ClN4O6. The number of rotatable bonds is 6. The van der Waals surface area contributed by atoms with Crippen LogP contribution in [0.4, 0.5) is 0 Å². The summed E-state index contributed by atoms with van der Waals surface area (Å²) in [5.74, 6) is -0.953. The van der Waals surface area contributed by atoms with E-state index < -0.39 is 27.9 Å². The largest absolute Gasteiger partial charge is 0.597 e. The van der Waals surface area contributed by atoms with Gasteiger partial charge in [0.2, 0.25) is 0 Å². The van der Waals surface area contributed by atoms with Crippen molar-refractivity contribution >= 4 is 11.6 Å². The Balaban J connectivity index is 5.03. The van der Waals surface area contributed by atoms with Crippen molar-refractivity contribution in [3.8, 4) is 0 Å². The maximum atomic E-state index is 10.8. The van der Waals surface area contributed by atoms with E-state index in [1.54, 1.807) is 0 Å². The minimum absolute atomic E-state index is 0.312. The molecule has 86 valence electrons. The monoisotopic (exact) mass is 242 g/mol. The predicted molar refractivity (Wildman–Crippen MR) is 45.4 cm³/mol. The fourth-order valence-corrected chi connectivity index (χ4v) is 0.938. The Bertz CT molecular complexity index is 279. The van der Waals surface area contributed by atoms with Crippen LogP contribution in [0.1, 0.15) is 0 Å². The molecule has 0 aromatic carbocycles. The summed E-state index contributed by atoms with van der Waals surface area (Å²) in [5.41, 5.74) is -2.79. The van der Waals surface area contributed by atoms with E-state index in [1.165, 1.54) is 0 Å². The summed E-state index contributed by atoms with van der Waals surface area (Å²) in [6, 6.07) is 0. The summed E-state index contributed by atoms with van der Waals surface area (Å²) in [6.45, 7) is -1.13. The van der Waals surface area contributed by atoms with E-state index in [0.29, 0.717) is 0 Å². The molecule has 0 spiro atoms. The summed E-state index contributed by atoms with van der Waals surface area (Å²) in [6.07, 6.45) is 0. The zero-order chi connectivity index (χ0) is 12.1. The Hall–Kier alpha value is -1.71. The van der Waals surface area contributed by atoms with Gasteiger partial charge in [-0.05, 0) is 4.86 Å². The van der Waals surface area contributed by atoms with Crippen LogP contribution in [0, 0.1) is 25.4 Å². The molecule has 0 aliphatic heterocycles. The fraction of sp³-hybridized carbons (Fsp3) is 1.00. The lowest BCUT2D eigenvalue weighted by Crippen LogP contribution is -2.53. The number of halogens is 1. The molecule has 0 aromatic rings. The molecule has 0 heterocycles. The first kappa shape index (κ1) is 13.3. The van der Waals surface area contributed by atoms with Gasteiger partial charge < -0.3 is 10.0 Å². The lowest BCUT2D eigenvalue weighted by Gasteiger charge is -2.11. The first-order chi connectivity index (χ1) is 6.90. The standard InChI is InChI=1S/C4H7ClN4O6/c1-15-6-7(10)3-4(2-5,8(11)12)9(13)14/h2-3H2,1H3. The van der Waals surface area contributed by atoms with Crippen LogP contribution >= 0.6 is 11.6 Å². The highest BCUT2D eigenvalue weighted by atomic mass is 35.5. The molecule has 0 fully saturated rings. The molecule has 0 amide bonds. The zero-order valence-corrected chi connectivity index (χ0v) is 8.29. The van der Waals surface area contributed by atoms with Gasteiger partial charge in [-0.2, -0.15) is 0 Å². The van der Waals surface area contributed by atoms with Crippen molar-refractivity contribution in [2.24, 2.45) is 5.28 Å². The predicted octanol–water partition coefficient (Wildman–Crippen LogP) is -0.00120. The molecule has 11 heteroatoms. The molecule has 0 radical (unpaired) electrons. The van der Waals surface area contributed by atoms with Crippen LogP contribution in [-0.2, 0) is 4.84 Å². The van der Waals surface area contributed by atoms with Crippen molar-refractivity contribution in [3.05, 3.63) is 25.4 Å². The number of nitrogens with zero attached hydrogens (tertiary/aromatic N) is 4. The molecule has 0 rings (SSSR count). The van der Waals surface area contributed by atoms with Gasteiger partial charge in [0.25, 0.3) is 0 Å². The van der Waals surface area contributed by atoms with Gasteiger partial charge in [0, 0.05) is 0 Å². The van der Waals surface area contributed by atoms with E-state index in [1.807, 2.05) is 0 Å². The molecular weight excluding hydrogens is 236 g/mol. The molecule has 0 saturated heterocycles. The average Bonchev–Trinajstić information content (AvgIpc) is 2.13. The van der Waals surface area contributed by atoms with Gasteiger partial charge in [-0.15, -0.1) is 11.6 Å².